The molecule has 6 heteroatoms. The zero-order valence-corrected chi connectivity index (χ0v) is 12.8. The number of hydrogen-bond acceptors (Lipinski definition) is 3. The average Bonchev–Trinajstić information content (AvgIpc) is 2.86. The van der Waals surface area contributed by atoms with Gasteiger partial charge in [0.2, 0.25) is 11.8 Å². The molecule has 1 atom stereocenters. The van der Waals surface area contributed by atoms with Crippen LogP contribution in [0.5, 0.6) is 0 Å². The van der Waals surface area contributed by atoms with Crippen LogP contribution in [0.3, 0.4) is 0 Å². The molecule has 1 saturated heterocycles. The van der Waals surface area contributed by atoms with Crippen molar-refractivity contribution in [1.29, 1.82) is 0 Å². The van der Waals surface area contributed by atoms with Crippen molar-refractivity contribution in [3.05, 3.63) is 29.3 Å². The van der Waals surface area contributed by atoms with E-state index in [1.54, 1.807) is 29.2 Å². The molecule has 5 nitrogen and oxygen atoms in total. The fourth-order valence-electron chi connectivity index (χ4n) is 2.37. The van der Waals surface area contributed by atoms with Crippen molar-refractivity contribution in [3.8, 4) is 0 Å². The summed E-state index contributed by atoms with van der Waals surface area (Å²) < 4.78 is 0. The van der Waals surface area contributed by atoms with E-state index in [-0.39, 0.29) is 24.2 Å². The molecule has 1 aromatic rings. The van der Waals surface area contributed by atoms with Gasteiger partial charge in [-0.1, -0.05) is 11.6 Å². The molecule has 21 heavy (non-hydrogen) atoms. The average molecular weight is 310 g/mol. The van der Waals surface area contributed by atoms with Crippen molar-refractivity contribution in [2.45, 2.75) is 12.8 Å². The molecule has 1 heterocycles. The SMILES string of the molecule is CNCCCNC(=O)C1CC(=O)N(c2ccc(Cl)cc2)C1. The normalized spacial score (nSPS) is 18.1. The maximum Gasteiger partial charge on any atom is 0.227 e. The summed E-state index contributed by atoms with van der Waals surface area (Å²) in [6.07, 6.45) is 1.14. The Labute approximate surface area is 129 Å². The van der Waals surface area contributed by atoms with E-state index in [1.165, 1.54) is 0 Å². The molecule has 0 radical (unpaired) electrons. The van der Waals surface area contributed by atoms with Crippen LogP contribution in [-0.4, -0.2) is 38.5 Å². The first kappa shape index (κ1) is 15.8. The summed E-state index contributed by atoms with van der Waals surface area (Å²) >= 11 is 5.84. The number of anilines is 1. The third-order valence-electron chi connectivity index (χ3n) is 3.54. The van der Waals surface area contributed by atoms with Crippen LogP contribution < -0.4 is 15.5 Å². The number of rotatable bonds is 6. The summed E-state index contributed by atoms with van der Waals surface area (Å²) in [5, 5.41) is 6.54. The fourth-order valence-corrected chi connectivity index (χ4v) is 2.50. The van der Waals surface area contributed by atoms with Crippen LogP contribution in [0.1, 0.15) is 12.8 Å². The fraction of sp³-hybridized carbons (Fsp3) is 0.467. The first-order chi connectivity index (χ1) is 10.1. The Morgan fingerprint density at radius 2 is 2.05 bits per heavy atom. The number of nitrogens with one attached hydrogen (secondary N) is 2. The minimum atomic E-state index is -0.275. The van der Waals surface area contributed by atoms with Gasteiger partial charge < -0.3 is 15.5 Å². The molecule has 2 rings (SSSR count). The number of benzene rings is 1. The van der Waals surface area contributed by atoms with Crippen molar-refractivity contribution in [2.24, 2.45) is 5.92 Å². The minimum absolute atomic E-state index is 0.0207. The summed E-state index contributed by atoms with van der Waals surface area (Å²) in [6.45, 7) is 1.92. The van der Waals surface area contributed by atoms with Gasteiger partial charge in [0.15, 0.2) is 0 Å². The van der Waals surface area contributed by atoms with Crippen LogP contribution in [0.15, 0.2) is 24.3 Å². The standard InChI is InChI=1S/C15H20ClN3O2/c1-17-7-2-8-18-15(21)11-9-14(20)19(10-11)13-5-3-12(16)4-6-13/h3-6,11,17H,2,7-10H2,1H3,(H,18,21). The van der Waals surface area contributed by atoms with Crippen molar-refractivity contribution in [1.82, 2.24) is 10.6 Å². The molecule has 1 aromatic carbocycles. The van der Waals surface area contributed by atoms with E-state index in [0.29, 0.717) is 18.1 Å². The van der Waals surface area contributed by atoms with E-state index in [0.717, 1.165) is 18.7 Å². The Balaban J connectivity index is 1.90. The lowest BCUT2D eigenvalue weighted by molar-refractivity contribution is -0.126. The molecule has 0 saturated carbocycles. The van der Waals surface area contributed by atoms with Gasteiger partial charge in [-0.3, -0.25) is 9.59 Å². The maximum atomic E-state index is 12.1. The highest BCUT2D eigenvalue weighted by Gasteiger charge is 2.34. The van der Waals surface area contributed by atoms with E-state index in [1.807, 2.05) is 7.05 Å². The van der Waals surface area contributed by atoms with Crippen molar-refractivity contribution in [2.75, 3.05) is 31.6 Å². The van der Waals surface area contributed by atoms with Gasteiger partial charge >= 0.3 is 0 Å². The number of hydrogen-bond donors (Lipinski definition) is 2. The van der Waals surface area contributed by atoms with Gasteiger partial charge in [-0.25, -0.2) is 0 Å². The number of halogens is 1. The van der Waals surface area contributed by atoms with E-state index < -0.39 is 0 Å². The summed E-state index contributed by atoms with van der Waals surface area (Å²) in [7, 11) is 1.88. The van der Waals surface area contributed by atoms with Crippen LogP contribution in [-0.2, 0) is 9.59 Å². The molecule has 114 valence electrons. The van der Waals surface area contributed by atoms with Crippen LogP contribution in [0.2, 0.25) is 5.02 Å². The Morgan fingerprint density at radius 1 is 1.33 bits per heavy atom. The van der Waals surface area contributed by atoms with Crippen molar-refractivity contribution in [3.63, 3.8) is 0 Å². The predicted molar refractivity (Wildman–Crippen MR) is 83.5 cm³/mol. The maximum absolute atomic E-state index is 12.1. The highest BCUT2D eigenvalue weighted by Crippen LogP contribution is 2.26. The summed E-state index contributed by atoms with van der Waals surface area (Å²) in [4.78, 5) is 25.8. The number of carbonyl (C=O) groups is 2. The molecule has 2 amide bonds. The van der Waals surface area contributed by atoms with Gasteiger partial charge in [0, 0.05) is 30.2 Å². The minimum Gasteiger partial charge on any atom is -0.356 e. The molecular formula is C15H20ClN3O2. The number of nitrogens with zero attached hydrogens (tertiary/aromatic N) is 1. The monoisotopic (exact) mass is 309 g/mol. The Hall–Kier alpha value is -1.59. The van der Waals surface area contributed by atoms with Crippen LogP contribution in [0.25, 0.3) is 0 Å². The first-order valence-corrected chi connectivity index (χ1v) is 7.48. The quantitative estimate of drug-likeness (QED) is 0.781. The smallest absolute Gasteiger partial charge is 0.227 e. The third kappa shape index (κ3) is 4.19. The number of amides is 2. The van der Waals surface area contributed by atoms with Gasteiger partial charge in [-0.05, 0) is 44.3 Å². The van der Waals surface area contributed by atoms with Crippen LogP contribution in [0.4, 0.5) is 5.69 Å². The molecule has 1 aliphatic heterocycles. The predicted octanol–water partition coefficient (Wildman–Crippen LogP) is 1.42. The second kappa shape index (κ2) is 7.43. The molecule has 1 aliphatic rings. The lowest BCUT2D eigenvalue weighted by Crippen LogP contribution is -2.34. The largest absolute Gasteiger partial charge is 0.356 e. The van der Waals surface area contributed by atoms with E-state index in [9.17, 15) is 9.59 Å². The molecule has 1 unspecified atom stereocenters. The first-order valence-electron chi connectivity index (χ1n) is 7.10. The van der Waals surface area contributed by atoms with Crippen LogP contribution >= 0.6 is 11.6 Å². The summed E-state index contributed by atoms with van der Waals surface area (Å²) in [6, 6.07) is 7.09. The molecule has 2 N–H and O–H groups in total. The zero-order chi connectivity index (χ0) is 15.2. The second-order valence-electron chi connectivity index (χ2n) is 5.13. The van der Waals surface area contributed by atoms with Crippen molar-refractivity contribution < 1.29 is 9.59 Å². The van der Waals surface area contributed by atoms with Gasteiger partial charge in [0.05, 0.1) is 5.92 Å². The lowest BCUT2D eigenvalue weighted by Gasteiger charge is -2.16. The van der Waals surface area contributed by atoms with E-state index in [2.05, 4.69) is 10.6 Å². The highest BCUT2D eigenvalue weighted by atomic mass is 35.5. The third-order valence-corrected chi connectivity index (χ3v) is 3.79. The van der Waals surface area contributed by atoms with Crippen LogP contribution in [0, 0.1) is 5.92 Å². The van der Waals surface area contributed by atoms with Gasteiger partial charge in [-0.15, -0.1) is 0 Å². The summed E-state index contributed by atoms with van der Waals surface area (Å²) in [5.41, 5.74) is 0.787. The topological polar surface area (TPSA) is 61.4 Å². The van der Waals surface area contributed by atoms with Gasteiger partial charge in [0.25, 0.3) is 0 Å². The number of carbonyl (C=O) groups excluding carboxylic acids is 2. The van der Waals surface area contributed by atoms with E-state index >= 15 is 0 Å². The second-order valence-corrected chi connectivity index (χ2v) is 5.57. The highest BCUT2D eigenvalue weighted by molar-refractivity contribution is 6.30. The van der Waals surface area contributed by atoms with Gasteiger partial charge in [-0.2, -0.15) is 0 Å². The summed E-state index contributed by atoms with van der Waals surface area (Å²) in [5.74, 6) is -0.341. The van der Waals surface area contributed by atoms with Gasteiger partial charge in [0.1, 0.15) is 0 Å². The zero-order valence-electron chi connectivity index (χ0n) is 12.1. The Kier molecular flexibility index (Phi) is 5.59. The molecule has 0 aliphatic carbocycles. The Morgan fingerprint density at radius 3 is 2.71 bits per heavy atom. The lowest BCUT2D eigenvalue weighted by atomic mass is 10.1. The molecule has 0 spiro atoms. The Bertz CT molecular complexity index is 504. The van der Waals surface area contributed by atoms with E-state index in [4.69, 9.17) is 11.6 Å². The molecule has 0 aromatic heterocycles. The molecule has 1 fully saturated rings. The molecule has 0 bridgehead atoms. The van der Waals surface area contributed by atoms with Crippen molar-refractivity contribution >= 4 is 29.1 Å². The molecular weight excluding hydrogens is 290 g/mol.